The maximum atomic E-state index is 12.0. The van der Waals surface area contributed by atoms with Crippen LogP contribution in [-0.4, -0.2) is 40.1 Å². The second-order valence-corrected chi connectivity index (χ2v) is 5.71. The van der Waals surface area contributed by atoms with Gasteiger partial charge in [-0.1, -0.05) is 6.07 Å². The average Bonchev–Trinajstić information content (AvgIpc) is 3.18. The van der Waals surface area contributed by atoms with E-state index in [2.05, 4.69) is 20.7 Å². The van der Waals surface area contributed by atoms with Gasteiger partial charge in [-0.05, 0) is 31.4 Å². The number of nitrogens with one attached hydrogen (secondary N) is 2. The summed E-state index contributed by atoms with van der Waals surface area (Å²) in [5.41, 5.74) is 1.59. The molecule has 0 spiro atoms. The predicted molar refractivity (Wildman–Crippen MR) is 86.2 cm³/mol. The molecule has 0 saturated heterocycles. The minimum Gasteiger partial charge on any atom is -0.381 e. The van der Waals surface area contributed by atoms with E-state index in [4.69, 9.17) is 4.74 Å². The zero-order chi connectivity index (χ0) is 16.1. The number of carbonyl (C=O) groups excluding carboxylic acids is 1. The van der Waals surface area contributed by atoms with E-state index >= 15 is 0 Å². The lowest BCUT2D eigenvalue weighted by Gasteiger charge is -2.13. The first kappa shape index (κ1) is 15.5. The van der Waals surface area contributed by atoms with Crippen molar-refractivity contribution in [2.45, 2.75) is 38.0 Å². The maximum Gasteiger partial charge on any atom is 0.319 e. The summed E-state index contributed by atoms with van der Waals surface area (Å²) in [4.78, 5) is 16.3. The van der Waals surface area contributed by atoms with Crippen LogP contribution in [0.1, 0.15) is 25.0 Å². The van der Waals surface area contributed by atoms with E-state index < -0.39 is 0 Å². The van der Waals surface area contributed by atoms with Crippen LogP contribution in [0.4, 0.5) is 10.5 Å². The van der Waals surface area contributed by atoms with Crippen LogP contribution in [0.15, 0.2) is 36.8 Å². The molecule has 3 rings (SSSR count). The van der Waals surface area contributed by atoms with Crippen molar-refractivity contribution in [3.05, 3.63) is 42.5 Å². The van der Waals surface area contributed by atoms with Crippen molar-refractivity contribution < 1.29 is 9.53 Å². The number of aromatic nitrogens is 3. The Morgan fingerprint density at radius 2 is 2.35 bits per heavy atom. The summed E-state index contributed by atoms with van der Waals surface area (Å²) in [6.45, 7) is 0.572. The van der Waals surface area contributed by atoms with Gasteiger partial charge in [0.2, 0.25) is 0 Å². The van der Waals surface area contributed by atoms with E-state index in [-0.39, 0.29) is 18.2 Å². The van der Waals surface area contributed by atoms with E-state index in [1.54, 1.807) is 30.4 Å². The van der Waals surface area contributed by atoms with Gasteiger partial charge in [-0.2, -0.15) is 5.10 Å². The van der Waals surface area contributed by atoms with E-state index in [1.807, 2.05) is 18.2 Å². The fourth-order valence-electron chi connectivity index (χ4n) is 2.81. The zero-order valence-electron chi connectivity index (χ0n) is 13.1. The summed E-state index contributed by atoms with van der Waals surface area (Å²) in [6, 6.07) is 5.72. The van der Waals surface area contributed by atoms with Crippen LogP contribution in [0, 0.1) is 0 Å². The smallest absolute Gasteiger partial charge is 0.319 e. The lowest BCUT2D eigenvalue weighted by Crippen LogP contribution is -2.36. The molecule has 1 saturated carbocycles. The molecule has 2 N–H and O–H groups in total. The molecular formula is C16H21N5O2. The number of carbonyl (C=O) groups is 1. The lowest BCUT2D eigenvalue weighted by atomic mass is 10.2. The molecule has 2 aromatic rings. The minimum atomic E-state index is -0.205. The molecule has 1 fully saturated rings. The number of pyridine rings is 1. The van der Waals surface area contributed by atoms with Crippen molar-refractivity contribution in [1.82, 2.24) is 20.1 Å². The molecule has 0 aromatic carbocycles. The van der Waals surface area contributed by atoms with Crippen molar-refractivity contribution in [3.63, 3.8) is 0 Å². The quantitative estimate of drug-likeness (QED) is 0.884. The number of rotatable bonds is 5. The summed E-state index contributed by atoms with van der Waals surface area (Å²) in [6.07, 6.45) is 8.23. The third kappa shape index (κ3) is 4.29. The first-order valence-electron chi connectivity index (χ1n) is 7.75. The van der Waals surface area contributed by atoms with Gasteiger partial charge >= 0.3 is 6.03 Å². The van der Waals surface area contributed by atoms with Gasteiger partial charge in [-0.3, -0.25) is 9.67 Å². The molecule has 0 unspecified atom stereocenters. The van der Waals surface area contributed by atoms with Gasteiger partial charge in [0.1, 0.15) is 0 Å². The minimum absolute atomic E-state index is 0.170. The van der Waals surface area contributed by atoms with E-state index in [0.717, 1.165) is 25.0 Å². The highest BCUT2D eigenvalue weighted by atomic mass is 16.5. The predicted octanol–water partition coefficient (Wildman–Crippen LogP) is 2.02. The highest BCUT2D eigenvalue weighted by Crippen LogP contribution is 2.21. The van der Waals surface area contributed by atoms with Gasteiger partial charge in [-0.25, -0.2) is 4.79 Å². The number of nitrogens with zero attached hydrogens (tertiary/aromatic N) is 3. The van der Waals surface area contributed by atoms with E-state index in [0.29, 0.717) is 12.2 Å². The Bertz CT molecular complexity index is 643. The molecule has 1 aliphatic carbocycles. The maximum absolute atomic E-state index is 12.0. The highest BCUT2D eigenvalue weighted by Gasteiger charge is 2.25. The number of hydrogen-bond acceptors (Lipinski definition) is 4. The van der Waals surface area contributed by atoms with Crippen LogP contribution >= 0.6 is 0 Å². The zero-order valence-corrected chi connectivity index (χ0v) is 13.1. The van der Waals surface area contributed by atoms with Crippen LogP contribution < -0.4 is 10.6 Å². The van der Waals surface area contributed by atoms with Crippen LogP contribution in [0.2, 0.25) is 0 Å². The Morgan fingerprint density at radius 1 is 1.43 bits per heavy atom. The highest BCUT2D eigenvalue weighted by molar-refractivity contribution is 5.89. The number of urea groups is 1. The molecule has 2 aromatic heterocycles. The topological polar surface area (TPSA) is 81.1 Å². The molecule has 1 aliphatic rings. The second kappa shape index (κ2) is 7.23. The Balaban J connectivity index is 1.49. The van der Waals surface area contributed by atoms with Gasteiger partial charge in [0.25, 0.3) is 0 Å². The Kier molecular flexibility index (Phi) is 4.87. The van der Waals surface area contributed by atoms with E-state index in [9.17, 15) is 4.79 Å². The van der Waals surface area contributed by atoms with E-state index in [1.165, 1.54) is 0 Å². The fraction of sp³-hybridized carbons (Fsp3) is 0.438. The van der Waals surface area contributed by atoms with Crippen LogP contribution in [0.3, 0.4) is 0 Å². The Morgan fingerprint density at radius 3 is 3.09 bits per heavy atom. The summed E-state index contributed by atoms with van der Waals surface area (Å²) in [7, 11) is 1.71. The number of ether oxygens (including phenoxy) is 1. The molecule has 2 amide bonds. The summed E-state index contributed by atoms with van der Waals surface area (Å²) in [5.74, 6) is 0. The van der Waals surface area contributed by atoms with Crippen LogP contribution in [-0.2, 0) is 11.3 Å². The first-order chi connectivity index (χ1) is 11.2. The number of hydrogen-bond donors (Lipinski definition) is 2. The lowest BCUT2D eigenvalue weighted by molar-refractivity contribution is 0.107. The number of methoxy groups -OCH3 is 1. The third-order valence-corrected chi connectivity index (χ3v) is 3.99. The Labute approximate surface area is 135 Å². The summed E-state index contributed by atoms with van der Waals surface area (Å²) >= 11 is 0. The summed E-state index contributed by atoms with van der Waals surface area (Å²) in [5, 5.41) is 10.0. The van der Waals surface area contributed by atoms with Crippen molar-refractivity contribution >= 4 is 11.7 Å². The fourth-order valence-corrected chi connectivity index (χ4v) is 2.81. The van der Waals surface area contributed by atoms with Crippen molar-refractivity contribution in [2.75, 3.05) is 12.4 Å². The normalized spacial score (nSPS) is 20.4. The van der Waals surface area contributed by atoms with Gasteiger partial charge in [-0.15, -0.1) is 0 Å². The molecule has 7 heteroatoms. The monoisotopic (exact) mass is 315 g/mol. The van der Waals surface area contributed by atoms with Gasteiger partial charge < -0.3 is 15.4 Å². The van der Waals surface area contributed by atoms with Crippen molar-refractivity contribution in [3.8, 4) is 0 Å². The Hall–Kier alpha value is -2.41. The largest absolute Gasteiger partial charge is 0.381 e. The van der Waals surface area contributed by atoms with Crippen LogP contribution in [0.5, 0.6) is 0 Å². The SMILES string of the molecule is CO[C@H]1CC[C@H](NC(=O)Nc2cnn(Cc3ccccn3)c2)C1. The molecule has 7 nitrogen and oxygen atoms in total. The molecule has 0 aliphatic heterocycles. The second-order valence-electron chi connectivity index (χ2n) is 5.71. The third-order valence-electron chi connectivity index (χ3n) is 3.99. The number of amides is 2. The van der Waals surface area contributed by atoms with Gasteiger partial charge in [0.15, 0.2) is 0 Å². The van der Waals surface area contributed by atoms with Crippen molar-refractivity contribution in [1.29, 1.82) is 0 Å². The van der Waals surface area contributed by atoms with Gasteiger partial charge in [0, 0.05) is 25.5 Å². The molecular weight excluding hydrogens is 294 g/mol. The molecule has 0 bridgehead atoms. The van der Waals surface area contributed by atoms with Gasteiger partial charge in [0.05, 0.1) is 30.2 Å². The van der Waals surface area contributed by atoms with Crippen LogP contribution in [0.25, 0.3) is 0 Å². The standard InChI is InChI=1S/C16H21N5O2/c1-23-15-6-5-12(8-15)19-16(22)20-14-9-18-21(11-14)10-13-4-2-3-7-17-13/h2-4,7,9,11-12,15H,5-6,8,10H2,1H3,(H2,19,20,22)/t12-,15-/m0/s1. The summed E-state index contributed by atoms with van der Waals surface area (Å²) < 4.78 is 7.05. The first-order valence-corrected chi connectivity index (χ1v) is 7.75. The molecule has 0 radical (unpaired) electrons. The molecule has 23 heavy (non-hydrogen) atoms. The molecule has 2 atom stereocenters. The van der Waals surface area contributed by atoms with Crippen molar-refractivity contribution in [2.24, 2.45) is 0 Å². The number of anilines is 1. The molecule has 122 valence electrons. The molecule has 2 heterocycles. The average molecular weight is 315 g/mol.